The van der Waals surface area contributed by atoms with Crippen molar-refractivity contribution in [1.82, 2.24) is 4.90 Å². The minimum Gasteiger partial charge on any atom is -0.508 e. The highest BCUT2D eigenvalue weighted by Gasteiger charge is 2.33. The first-order valence-corrected chi connectivity index (χ1v) is 6.42. The molecule has 1 aliphatic heterocycles. The lowest BCUT2D eigenvalue weighted by Crippen LogP contribution is -2.37. The molecule has 0 spiro atoms. The molecule has 2 nitrogen and oxygen atoms in total. The van der Waals surface area contributed by atoms with E-state index >= 15 is 0 Å². The number of hydrogen-bond donors (Lipinski definition) is 1. The third kappa shape index (κ3) is 2.63. The number of phenols is 1. The summed E-state index contributed by atoms with van der Waals surface area (Å²) in [7, 11) is 0. The number of likely N-dealkylation sites (N-methyl/N-ethyl adjacent to an activating group) is 1. The summed E-state index contributed by atoms with van der Waals surface area (Å²) in [6.07, 6.45) is 3.79. The normalized spacial score (nSPS) is 30.1. The van der Waals surface area contributed by atoms with Crippen LogP contribution in [0, 0.1) is 0 Å². The number of nitrogens with zero attached hydrogens (tertiary/aromatic N) is 1. The van der Waals surface area contributed by atoms with Crippen LogP contribution in [-0.4, -0.2) is 30.1 Å². The zero-order chi connectivity index (χ0) is 14.8. The second-order valence-corrected chi connectivity index (χ2v) is 5.06. The molecule has 17 heavy (non-hydrogen) atoms. The Morgan fingerprint density at radius 1 is 1.47 bits per heavy atom. The van der Waals surface area contributed by atoms with Crippen molar-refractivity contribution in [2.45, 2.75) is 38.0 Å². The number of aromatic hydroxyl groups is 1. The maximum atomic E-state index is 9.73. The van der Waals surface area contributed by atoms with Gasteiger partial charge >= 0.3 is 0 Å². The maximum Gasteiger partial charge on any atom is 0.115 e. The van der Waals surface area contributed by atoms with E-state index in [9.17, 15) is 5.11 Å². The Bertz CT molecular complexity index is 461. The van der Waals surface area contributed by atoms with E-state index in [1.54, 1.807) is 17.0 Å². The molecule has 0 saturated carbocycles. The zero-order valence-corrected chi connectivity index (χ0v) is 10.4. The highest BCUT2D eigenvalue weighted by atomic mass is 16.3. The fraction of sp³-hybridized carbons (Fsp3) is 0.600. The second kappa shape index (κ2) is 5.09. The summed E-state index contributed by atoms with van der Waals surface area (Å²) in [4.78, 5) is 1.62. The zero-order valence-electron chi connectivity index (χ0n) is 13.4. The highest BCUT2D eigenvalue weighted by molar-refractivity contribution is 5.33. The van der Waals surface area contributed by atoms with Gasteiger partial charge < -0.3 is 10.0 Å². The van der Waals surface area contributed by atoms with E-state index in [1.165, 1.54) is 0 Å². The van der Waals surface area contributed by atoms with Crippen molar-refractivity contribution in [3.8, 4) is 5.75 Å². The lowest BCUT2D eigenvalue weighted by Gasteiger charge is -2.35. The van der Waals surface area contributed by atoms with Gasteiger partial charge in [0, 0.05) is 16.1 Å². The van der Waals surface area contributed by atoms with E-state index in [2.05, 4.69) is 6.92 Å². The Labute approximate surface area is 108 Å². The van der Waals surface area contributed by atoms with Crippen molar-refractivity contribution in [2.24, 2.45) is 0 Å². The number of rotatable bonds is 2. The Kier molecular flexibility index (Phi) is 2.69. The van der Waals surface area contributed by atoms with Gasteiger partial charge in [-0.3, -0.25) is 0 Å². The molecule has 1 fully saturated rings. The molecule has 2 heteroatoms. The van der Waals surface area contributed by atoms with E-state index in [0.29, 0.717) is 13.1 Å². The topological polar surface area (TPSA) is 23.5 Å². The monoisotopic (exact) mass is 237 g/mol. The molecule has 1 heterocycles. The van der Waals surface area contributed by atoms with Gasteiger partial charge in [-0.1, -0.05) is 25.5 Å². The summed E-state index contributed by atoms with van der Waals surface area (Å²) in [5, 5.41) is 9.73. The van der Waals surface area contributed by atoms with Gasteiger partial charge in [0.1, 0.15) is 5.75 Å². The van der Waals surface area contributed by atoms with Crippen molar-refractivity contribution in [3.63, 3.8) is 0 Å². The van der Waals surface area contributed by atoms with Crippen LogP contribution in [0.4, 0.5) is 0 Å². The minimum absolute atomic E-state index is 0.177. The smallest absolute Gasteiger partial charge is 0.115 e. The van der Waals surface area contributed by atoms with E-state index in [1.807, 2.05) is 12.1 Å². The quantitative estimate of drug-likeness (QED) is 0.799. The highest BCUT2D eigenvalue weighted by Crippen LogP contribution is 2.37. The van der Waals surface area contributed by atoms with E-state index in [4.69, 9.17) is 4.11 Å². The molecule has 1 saturated heterocycles. The summed E-state index contributed by atoms with van der Waals surface area (Å²) in [5.74, 6) is 0.250. The Morgan fingerprint density at radius 3 is 3.06 bits per heavy atom. The third-order valence-corrected chi connectivity index (χ3v) is 3.96. The van der Waals surface area contributed by atoms with Gasteiger partial charge in [-0.05, 0) is 50.5 Å². The number of likely N-dealkylation sites (tertiary alicyclic amines) is 1. The first-order chi connectivity index (χ1) is 9.37. The molecule has 1 aromatic carbocycles. The van der Waals surface area contributed by atoms with Crippen LogP contribution in [0.25, 0.3) is 0 Å². The Morgan fingerprint density at radius 2 is 2.35 bits per heavy atom. The molecule has 94 valence electrons. The lowest BCUT2D eigenvalue weighted by atomic mass is 9.74. The number of benzene rings is 1. The van der Waals surface area contributed by atoms with Gasteiger partial charge in [-0.2, -0.15) is 0 Å². The van der Waals surface area contributed by atoms with Crippen LogP contribution in [0.5, 0.6) is 5.75 Å². The molecule has 0 bridgehead atoms. The molecule has 1 aromatic rings. The van der Waals surface area contributed by atoms with Crippen LogP contribution >= 0.6 is 0 Å². The van der Waals surface area contributed by atoms with Crippen molar-refractivity contribution >= 4 is 0 Å². The van der Waals surface area contributed by atoms with E-state index in [0.717, 1.165) is 31.2 Å². The molecule has 0 radical (unpaired) electrons. The van der Waals surface area contributed by atoms with Crippen LogP contribution in [0.1, 0.15) is 42.3 Å². The molecule has 1 aliphatic rings. The van der Waals surface area contributed by atoms with Gasteiger partial charge in [0.15, 0.2) is 0 Å². The van der Waals surface area contributed by atoms with Crippen LogP contribution < -0.4 is 0 Å². The summed E-state index contributed by atoms with van der Waals surface area (Å²) in [6, 6.07) is 7.29. The maximum absolute atomic E-state index is 9.73. The SMILES string of the molecule is [2H][13C]([2H])([2H])N1CCCCC(CC)(c2cccc(O)c2)C1. The van der Waals surface area contributed by atoms with Crippen LogP contribution in [0.2, 0.25) is 0 Å². The van der Waals surface area contributed by atoms with Crippen molar-refractivity contribution in [2.75, 3.05) is 20.1 Å². The van der Waals surface area contributed by atoms with Gasteiger partial charge in [0.25, 0.3) is 0 Å². The average molecular weight is 237 g/mol. The van der Waals surface area contributed by atoms with Gasteiger partial charge in [0.2, 0.25) is 0 Å². The summed E-state index contributed by atoms with van der Waals surface area (Å²) >= 11 is 0. The van der Waals surface area contributed by atoms with Crippen LogP contribution in [-0.2, 0) is 5.41 Å². The summed E-state index contributed by atoms with van der Waals surface area (Å²) < 4.78 is 23.1. The van der Waals surface area contributed by atoms with Crippen LogP contribution in [0.3, 0.4) is 0 Å². The Hall–Kier alpha value is -1.02. The number of phenolic OH excluding ortho intramolecular Hbond substituents is 1. The molecule has 0 aromatic heterocycles. The predicted octanol–water partition coefficient (Wildman–Crippen LogP) is 3.16. The second-order valence-electron chi connectivity index (χ2n) is 5.06. The molecule has 0 aliphatic carbocycles. The number of hydrogen-bond acceptors (Lipinski definition) is 2. The van der Waals surface area contributed by atoms with Gasteiger partial charge in [-0.25, -0.2) is 0 Å². The largest absolute Gasteiger partial charge is 0.508 e. The van der Waals surface area contributed by atoms with Crippen LogP contribution in [0.15, 0.2) is 24.3 Å². The first kappa shape index (κ1) is 8.98. The van der Waals surface area contributed by atoms with Gasteiger partial charge in [-0.15, -0.1) is 0 Å². The third-order valence-electron chi connectivity index (χ3n) is 3.96. The molecule has 0 amide bonds. The molecular formula is C15H23NO. The molecule has 1 unspecified atom stereocenters. The van der Waals surface area contributed by atoms with Gasteiger partial charge in [0.05, 0.1) is 0 Å². The Balaban J connectivity index is 2.37. The van der Waals surface area contributed by atoms with Crippen molar-refractivity contribution in [3.05, 3.63) is 29.8 Å². The minimum atomic E-state index is -2.04. The fourth-order valence-electron chi connectivity index (χ4n) is 2.85. The van der Waals surface area contributed by atoms with Crippen molar-refractivity contribution < 1.29 is 9.22 Å². The summed E-state index contributed by atoms with van der Waals surface area (Å²) in [5.41, 5.74) is 0.875. The first-order valence-electron chi connectivity index (χ1n) is 7.92. The lowest BCUT2D eigenvalue weighted by molar-refractivity contribution is 0.256. The van der Waals surface area contributed by atoms with Crippen molar-refractivity contribution in [1.29, 1.82) is 0 Å². The molecule has 2 rings (SSSR count). The molecule has 1 atom stereocenters. The van der Waals surface area contributed by atoms with E-state index in [-0.39, 0.29) is 11.2 Å². The summed E-state index contributed by atoms with van der Waals surface area (Å²) in [6.45, 7) is 1.22. The average Bonchev–Trinajstić information content (AvgIpc) is 2.61. The molecule has 1 N–H and O–H groups in total. The van der Waals surface area contributed by atoms with E-state index < -0.39 is 6.98 Å². The standard InChI is InChI=1S/C15H23NO/c1-3-15(9-4-5-10-16(2)12-15)13-7-6-8-14(17)11-13/h6-8,11,17H,3-5,9-10,12H2,1-2H3/i2+1D3. The predicted molar refractivity (Wildman–Crippen MR) is 71.4 cm³/mol. The fourth-order valence-corrected chi connectivity index (χ4v) is 2.85. The molecular weight excluding hydrogens is 211 g/mol.